The van der Waals surface area contributed by atoms with Crippen LogP contribution >= 0.6 is 0 Å². The maximum absolute atomic E-state index is 10.7. The highest BCUT2D eigenvalue weighted by molar-refractivity contribution is 7.84. The molecule has 0 aliphatic carbocycles. The van der Waals surface area contributed by atoms with Crippen LogP contribution in [0.3, 0.4) is 0 Å². The first-order chi connectivity index (χ1) is 5.57. The van der Waals surface area contributed by atoms with E-state index in [1.54, 1.807) is 0 Å². The summed E-state index contributed by atoms with van der Waals surface area (Å²) < 4.78 is 14.7. The zero-order valence-corrected chi connectivity index (χ0v) is 7.77. The average molecular weight is 193 g/mol. The van der Waals surface area contributed by atoms with Crippen molar-refractivity contribution in [2.75, 3.05) is 25.7 Å². The number of amides is 1. The molecular formula is C6H11NO4S. The lowest BCUT2D eigenvalue weighted by molar-refractivity contribution is -0.152. The highest BCUT2D eigenvalue weighted by atomic mass is 32.2. The smallest absolute Gasteiger partial charge is 0.396 e. The molecule has 12 heavy (non-hydrogen) atoms. The number of hydrogen-bond donors (Lipinski definition) is 1. The zero-order chi connectivity index (χ0) is 9.56. The molecule has 6 heteroatoms. The molecule has 70 valence electrons. The fourth-order valence-electron chi connectivity index (χ4n) is 0.473. The van der Waals surface area contributed by atoms with Gasteiger partial charge < -0.3 is 10.1 Å². The molecule has 1 atom stereocenters. The van der Waals surface area contributed by atoms with Crippen LogP contribution < -0.4 is 5.32 Å². The van der Waals surface area contributed by atoms with E-state index in [4.69, 9.17) is 0 Å². The van der Waals surface area contributed by atoms with Crippen LogP contribution in [0.2, 0.25) is 0 Å². The van der Waals surface area contributed by atoms with Crippen LogP contribution in [0, 0.1) is 0 Å². The maximum Gasteiger partial charge on any atom is 0.396 e. The largest absolute Gasteiger partial charge is 0.462 e. The van der Waals surface area contributed by atoms with Crippen LogP contribution in [-0.2, 0) is 25.1 Å². The van der Waals surface area contributed by atoms with Crippen LogP contribution in [0.15, 0.2) is 0 Å². The molecule has 1 N–H and O–H groups in total. The molecule has 0 radical (unpaired) electrons. The Kier molecular flexibility index (Phi) is 5.27. The molecule has 0 fully saturated rings. The minimum atomic E-state index is -0.964. The third kappa shape index (κ3) is 4.84. The molecule has 0 rings (SSSR count). The van der Waals surface area contributed by atoms with Gasteiger partial charge in [-0.3, -0.25) is 9.00 Å². The van der Waals surface area contributed by atoms with Gasteiger partial charge in [-0.05, 0) is 0 Å². The van der Waals surface area contributed by atoms with Gasteiger partial charge in [0.1, 0.15) is 0 Å². The normalized spacial score (nSPS) is 11.8. The molecule has 5 nitrogen and oxygen atoms in total. The van der Waals surface area contributed by atoms with Crippen molar-refractivity contribution < 1.29 is 18.5 Å². The van der Waals surface area contributed by atoms with E-state index in [2.05, 4.69) is 10.1 Å². The highest BCUT2D eigenvalue weighted by Crippen LogP contribution is 1.75. The number of nitrogens with one attached hydrogen (secondary N) is 1. The summed E-state index contributed by atoms with van der Waals surface area (Å²) in [4.78, 5) is 21.1. The number of esters is 1. The molecule has 0 spiro atoms. The van der Waals surface area contributed by atoms with Gasteiger partial charge in [-0.2, -0.15) is 0 Å². The van der Waals surface area contributed by atoms with Gasteiger partial charge in [0.2, 0.25) is 0 Å². The van der Waals surface area contributed by atoms with Gasteiger partial charge in [-0.1, -0.05) is 0 Å². The summed E-state index contributed by atoms with van der Waals surface area (Å²) in [5, 5.41) is 2.26. The van der Waals surface area contributed by atoms with Gasteiger partial charge >= 0.3 is 11.9 Å². The third-order valence-corrected chi connectivity index (χ3v) is 1.82. The van der Waals surface area contributed by atoms with E-state index in [0.29, 0.717) is 5.75 Å². The molecule has 0 aromatic rings. The predicted octanol–water partition coefficient (Wildman–Crippen LogP) is -1.35. The Morgan fingerprint density at radius 2 is 2.08 bits per heavy atom. The minimum Gasteiger partial charge on any atom is -0.462 e. The topological polar surface area (TPSA) is 72.5 Å². The quantitative estimate of drug-likeness (QED) is 0.444. The van der Waals surface area contributed by atoms with E-state index in [0.717, 1.165) is 7.11 Å². The Hall–Kier alpha value is -0.910. The Morgan fingerprint density at radius 3 is 2.50 bits per heavy atom. The van der Waals surface area contributed by atoms with Crippen LogP contribution in [0.25, 0.3) is 0 Å². The van der Waals surface area contributed by atoms with Gasteiger partial charge in [-0.25, -0.2) is 4.79 Å². The van der Waals surface area contributed by atoms with Crippen LogP contribution in [0.4, 0.5) is 0 Å². The van der Waals surface area contributed by atoms with E-state index < -0.39 is 22.7 Å². The lowest BCUT2D eigenvalue weighted by Crippen LogP contribution is -2.34. The molecule has 0 bridgehead atoms. The molecule has 0 aliphatic rings. The summed E-state index contributed by atoms with van der Waals surface area (Å²) in [6.45, 7) is 0.219. The lowest BCUT2D eigenvalue weighted by Gasteiger charge is -2.00. The Balaban J connectivity index is 3.58. The number of methoxy groups -OCH3 is 1. The van der Waals surface area contributed by atoms with E-state index in [-0.39, 0.29) is 6.54 Å². The van der Waals surface area contributed by atoms with Crippen LogP contribution in [-0.4, -0.2) is 41.7 Å². The molecule has 0 heterocycles. The van der Waals surface area contributed by atoms with Crippen molar-refractivity contribution in [2.45, 2.75) is 0 Å². The predicted molar refractivity (Wildman–Crippen MR) is 44.0 cm³/mol. The maximum atomic E-state index is 10.7. The summed E-state index contributed by atoms with van der Waals surface area (Å²) in [5.41, 5.74) is 0. The molecule has 0 saturated heterocycles. The number of ether oxygens (including phenoxy) is 1. The first kappa shape index (κ1) is 11.1. The van der Waals surface area contributed by atoms with E-state index in [9.17, 15) is 13.8 Å². The second-order valence-electron chi connectivity index (χ2n) is 2.02. The second-order valence-corrected chi connectivity index (χ2v) is 3.58. The van der Waals surface area contributed by atoms with Gasteiger partial charge in [0.05, 0.1) is 7.11 Å². The van der Waals surface area contributed by atoms with Crippen molar-refractivity contribution in [3.8, 4) is 0 Å². The van der Waals surface area contributed by atoms with Crippen molar-refractivity contribution in [3.63, 3.8) is 0 Å². The van der Waals surface area contributed by atoms with Crippen molar-refractivity contribution in [2.24, 2.45) is 0 Å². The first-order valence-corrected chi connectivity index (χ1v) is 4.96. The van der Waals surface area contributed by atoms with Crippen molar-refractivity contribution in [1.82, 2.24) is 5.32 Å². The van der Waals surface area contributed by atoms with Gasteiger partial charge in [0.25, 0.3) is 0 Å². The van der Waals surface area contributed by atoms with Gasteiger partial charge in [0.15, 0.2) is 0 Å². The summed E-state index contributed by atoms with van der Waals surface area (Å²) >= 11 is 0. The lowest BCUT2D eigenvalue weighted by atomic mass is 10.6. The summed E-state index contributed by atoms with van der Waals surface area (Å²) in [5.74, 6) is -1.40. The Bertz CT molecular complexity index is 204. The average Bonchev–Trinajstić information content (AvgIpc) is 2.02. The highest BCUT2D eigenvalue weighted by Gasteiger charge is 2.11. The molecule has 0 aliphatic heterocycles. The molecule has 0 saturated carbocycles. The van der Waals surface area contributed by atoms with Gasteiger partial charge in [0, 0.05) is 29.4 Å². The third-order valence-electron chi connectivity index (χ3n) is 1.05. The summed E-state index contributed by atoms with van der Waals surface area (Å²) in [6.07, 6.45) is 1.52. The SMILES string of the molecule is COC(=O)C(=O)NCCS(C)=O. The van der Waals surface area contributed by atoms with E-state index in [1.165, 1.54) is 6.26 Å². The monoisotopic (exact) mass is 193 g/mol. The molecule has 1 amide bonds. The van der Waals surface area contributed by atoms with Crippen LogP contribution in [0.1, 0.15) is 0 Å². The van der Waals surface area contributed by atoms with Crippen LogP contribution in [0.5, 0.6) is 0 Å². The van der Waals surface area contributed by atoms with Crippen molar-refractivity contribution in [3.05, 3.63) is 0 Å². The molecule has 1 unspecified atom stereocenters. The number of rotatable bonds is 3. The zero-order valence-electron chi connectivity index (χ0n) is 6.96. The van der Waals surface area contributed by atoms with Crippen molar-refractivity contribution in [1.29, 1.82) is 0 Å². The van der Waals surface area contributed by atoms with Crippen molar-refractivity contribution >= 4 is 22.7 Å². The molecule has 0 aromatic carbocycles. The van der Waals surface area contributed by atoms with Gasteiger partial charge in [-0.15, -0.1) is 0 Å². The molecule has 0 aromatic heterocycles. The standard InChI is InChI=1S/C6H11NO4S/c1-11-6(9)5(8)7-3-4-12(2)10/h3-4H2,1-2H3,(H,7,8). The minimum absolute atomic E-state index is 0.219. The fraction of sp³-hybridized carbons (Fsp3) is 0.667. The number of carbonyl (C=O) groups excluding carboxylic acids is 2. The first-order valence-electron chi connectivity index (χ1n) is 3.24. The number of hydrogen-bond acceptors (Lipinski definition) is 4. The summed E-state index contributed by atoms with van der Waals surface area (Å²) in [6, 6.07) is 0. The Morgan fingerprint density at radius 1 is 1.50 bits per heavy atom. The van der Waals surface area contributed by atoms with E-state index in [1.807, 2.05) is 0 Å². The second kappa shape index (κ2) is 5.70. The summed E-state index contributed by atoms with van der Waals surface area (Å²) in [7, 11) is 0.161. The Labute approximate surface area is 72.9 Å². The number of carbonyl (C=O) groups is 2. The fourth-order valence-corrected chi connectivity index (χ4v) is 0.863. The van der Waals surface area contributed by atoms with E-state index >= 15 is 0 Å². The molecular weight excluding hydrogens is 182 g/mol.